The van der Waals surface area contributed by atoms with Gasteiger partial charge in [-0.05, 0) is 26.0 Å². The number of hydrogen-bond donors (Lipinski definition) is 0. The van der Waals surface area contributed by atoms with Crippen LogP contribution in [0.5, 0.6) is 0 Å². The molecule has 0 N–H and O–H groups in total. The van der Waals surface area contributed by atoms with E-state index in [2.05, 4.69) is 10.2 Å². The molecule has 0 aromatic carbocycles. The van der Waals surface area contributed by atoms with Crippen LogP contribution in [0.1, 0.15) is 34.6 Å². The van der Waals surface area contributed by atoms with E-state index in [0.29, 0.717) is 32.6 Å². The van der Waals surface area contributed by atoms with Crippen molar-refractivity contribution in [2.24, 2.45) is 0 Å². The monoisotopic (exact) mass is 558 g/mol. The lowest BCUT2D eigenvalue weighted by molar-refractivity contribution is -0.0723. The van der Waals surface area contributed by atoms with Crippen molar-refractivity contribution in [3.63, 3.8) is 0 Å². The lowest BCUT2D eigenvalue weighted by atomic mass is 10.2. The van der Waals surface area contributed by atoms with Crippen LogP contribution in [-0.2, 0) is 19.0 Å². The summed E-state index contributed by atoms with van der Waals surface area (Å²) >= 11 is 0. The van der Waals surface area contributed by atoms with Crippen LogP contribution >= 0.6 is 0 Å². The Kier molecular flexibility index (Phi) is 5.67. The van der Waals surface area contributed by atoms with Gasteiger partial charge in [-0.2, -0.15) is 28.7 Å². The van der Waals surface area contributed by atoms with Crippen LogP contribution in [0.2, 0.25) is 0 Å². The van der Waals surface area contributed by atoms with Crippen LogP contribution < -0.4 is 0 Å². The molecule has 4 bridgehead atoms. The molecule has 204 valence electrons. The summed E-state index contributed by atoms with van der Waals surface area (Å²) in [6.07, 6.45) is 9.07. The summed E-state index contributed by atoms with van der Waals surface area (Å²) < 4.78 is 38.6. The molecule has 39 heavy (non-hydrogen) atoms. The molecule has 6 rings (SSSR count). The molecule has 2 aromatic rings. The Bertz CT molecular complexity index is 1480. The lowest BCUT2D eigenvalue weighted by Crippen LogP contribution is -2.40. The van der Waals surface area contributed by atoms with Gasteiger partial charge in [0.05, 0.1) is 48.0 Å². The third kappa shape index (κ3) is 4.39. The van der Waals surface area contributed by atoms with Crippen LogP contribution in [-0.4, -0.2) is 110 Å². The molecule has 0 spiro atoms. The quantitative estimate of drug-likeness (QED) is 0.408. The fourth-order valence-electron chi connectivity index (χ4n) is 4.77. The number of amides is 4. The van der Waals surface area contributed by atoms with Gasteiger partial charge in [-0.15, -0.1) is 8.57 Å². The first kappa shape index (κ1) is 25.0. The SMILES string of the molecule is CC(=O)c1cnn(C2=CC3CN(C2)C(=O)N3OS(=O)(=O)ON2C(=O)N3CC(n4cc(C(C)=O)cn4)=CC2C3)c1. The van der Waals surface area contributed by atoms with E-state index in [9.17, 15) is 27.6 Å². The standard InChI is InChI=1S/C22H22N8O8S/c1-13(31)15-5-23-27(7-15)17-3-19-11-25(9-17)21(33)29(19)37-39(35,36)38-30-20-4-18(10-26(12-20)22(30)34)28-8-16(6-24-28)14(2)32/h3-8,19-20H,9-12H2,1-2H3. The molecule has 0 saturated carbocycles. The van der Waals surface area contributed by atoms with Crippen LogP contribution in [0.15, 0.2) is 36.9 Å². The van der Waals surface area contributed by atoms with Gasteiger partial charge in [-0.1, -0.05) is 0 Å². The average Bonchev–Trinajstić information content (AvgIpc) is 3.66. The number of Topliss-reactive ketones (excluding diaryl/α,β-unsaturated/α-hetero) is 2. The fourth-order valence-corrected chi connectivity index (χ4v) is 5.54. The highest BCUT2D eigenvalue weighted by molar-refractivity contribution is 7.81. The first-order valence-corrected chi connectivity index (χ1v) is 13.2. The van der Waals surface area contributed by atoms with E-state index in [1.807, 2.05) is 0 Å². The zero-order chi connectivity index (χ0) is 27.6. The zero-order valence-electron chi connectivity index (χ0n) is 20.7. The van der Waals surface area contributed by atoms with Crippen molar-refractivity contribution < 1.29 is 36.2 Å². The Morgan fingerprint density at radius 1 is 0.795 bits per heavy atom. The van der Waals surface area contributed by atoms with Crippen molar-refractivity contribution in [1.29, 1.82) is 0 Å². The second kappa shape index (κ2) is 8.85. The van der Waals surface area contributed by atoms with Crippen molar-refractivity contribution >= 4 is 45.4 Å². The minimum absolute atomic E-state index is 0.114. The predicted molar refractivity (Wildman–Crippen MR) is 129 cm³/mol. The zero-order valence-corrected chi connectivity index (χ0v) is 21.5. The number of ketones is 2. The molecular formula is C22H22N8O8S. The number of hydroxylamine groups is 4. The highest BCUT2D eigenvalue weighted by Crippen LogP contribution is 2.31. The molecular weight excluding hydrogens is 536 g/mol. The van der Waals surface area contributed by atoms with Crippen LogP contribution in [0.4, 0.5) is 9.59 Å². The molecule has 2 aromatic heterocycles. The molecule has 0 aliphatic carbocycles. The summed E-state index contributed by atoms with van der Waals surface area (Å²) in [5.41, 5.74) is 1.88. The van der Waals surface area contributed by atoms with Gasteiger partial charge in [-0.3, -0.25) is 9.59 Å². The summed E-state index contributed by atoms with van der Waals surface area (Å²) in [5, 5.41) is 9.61. The summed E-state index contributed by atoms with van der Waals surface area (Å²) in [7, 11) is -4.91. The highest BCUT2D eigenvalue weighted by atomic mass is 32.3. The van der Waals surface area contributed by atoms with E-state index in [-0.39, 0.29) is 37.7 Å². The van der Waals surface area contributed by atoms with Gasteiger partial charge >= 0.3 is 22.5 Å². The Labute approximate surface area is 221 Å². The minimum Gasteiger partial charge on any atom is -0.314 e. The van der Waals surface area contributed by atoms with Crippen molar-refractivity contribution in [3.05, 3.63) is 48.1 Å². The molecule has 17 heteroatoms. The number of nitrogens with zero attached hydrogens (tertiary/aromatic N) is 8. The molecule has 0 radical (unpaired) electrons. The second-order valence-corrected chi connectivity index (χ2v) is 10.6. The number of carbonyl (C=O) groups is 4. The third-order valence-electron chi connectivity index (χ3n) is 6.72. The van der Waals surface area contributed by atoms with Gasteiger partial charge in [0.25, 0.3) is 0 Å². The van der Waals surface area contributed by atoms with Gasteiger partial charge in [0.2, 0.25) is 0 Å². The van der Waals surface area contributed by atoms with Gasteiger partial charge in [0.1, 0.15) is 12.1 Å². The number of aromatic nitrogens is 4. The Morgan fingerprint density at radius 2 is 1.21 bits per heavy atom. The molecule has 4 aliphatic heterocycles. The molecule has 16 nitrogen and oxygen atoms in total. The van der Waals surface area contributed by atoms with Crippen LogP contribution in [0.3, 0.4) is 0 Å². The summed E-state index contributed by atoms with van der Waals surface area (Å²) in [5.74, 6) is -0.343. The molecule has 2 atom stereocenters. The van der Waals surface area contributed by atoms with Gasteiger partial charge < -0.3 is 9.80 Å². The number of urea groups is 2. The van der Waals surface area contributed by atoms with Crippen LogP contribution in [0, 0.1) is 0 Å². The Hall–Kier alpha value is -4.35. The smallest absolute Gasteiger partial charge is 0.314 e. The van der Waals surface area contributed by atoms with Crippen molar-refractivity contribution in [3.8, 4) is 0 Å². The van der Waals surface area contributed by atoms with E-state index < -0.39 is 34.5 Å². The first-order valence-electron chi connectivity index (χ1n) is 11.8. The van der Waals surface area contributed by atoms with Gasteiger partial charge in [-0.25, -0.2) is 19.0 Å². The molecule has 4 aliphatic rings. The fraction of sp³-hybridized carbons (Fsp3) is 0.364. The van der Waals surface area contributed by atoms with Crippen molar-refractivity contribution in [2.75, 3.05) is 26.2 Å². The maximum atomic E-state index is 12.8. The predicted octanol–water partition coefficient (Wildman–Crippen LogP) is 0.214. The highest BCUT2D eigenvalue weighted by Gasteiger charge is 2.47. The van der Waals surface area contributed by atoms with E-state index >= 15 is 0 Å². The average molecular weight is 559 g/mol. The second-order valence-electron chi connectivity index (χ2n) is 9.45. The largest absolute Gasteiger partial charge is 0.442 e. The van der Waals surface area contributed by atoms with E-state index in [4.69, 9.17) is 8.57 Å². The molecule has 2 unspecified atom stereocenters. The maximum absolute atomic E-state index is 12.8. The van der Waals surface area contributed by atoms with E-state index in [0.717, 1.165) is 0 Å². The molecule has 2 saturated heterocycles. The molecule has 6 heterocycles. The minimum atomic E-state index is -4.91. The Balaban J connectivity index is 1.18. The summed E-state index contributed by atoms with van der Waals surface area (Å²) in [6, 6.07) is -3.00. The van der Waals surface area contributed by atoms with E-state index in [1.54, 1.807) is 12.2 Å². The van der Waals surface area contributed by atoms with Crippen molar-refractivity contribution in [1.82, 2.24) is 39.5 Å². The maximum Gasteiger partial charge on any atom is 0.442 e. The van der Waals surface area contributed by atoms with Crippen molar-refractivity contribution in [2.45, 2.75) is 25.9 Å². The number of hydrogen-bond acceptors (Lipinski definition) is 10. The number of rotatable bonds is 8. The third-order valence-corrected chi connectivity index (χ3v) is 7.41. The van der Waals surface area contributed by atoms with E-state index in [1.165, 1.54) is 57.8 Å². The lowest BCUT2D eigenvalue weighted by Gasteiger charge is -2.22. The Morgan fingerprint density at radius 3 is 1.56 bits per heavy atom. The normalized spacial score (nSPS) is 22.5. The molecule has 2 fully saturated rings. The number of fused-ring (bicyclic) bond motifs is 4. The summed E-state index contributed by atoms with van der Waals surface area (Å²) in [6.45, 7) is 3.36. The topological polar surface area (TPSA) is 169 Å². The van der Waals surface area contributed by atoms with Gasteiger partial charge in [0.15, 0.2) is 11.6 Å². The number of carbonyl (C=O) groups excluding carboxylic acids is 4. The van der Waals surface area contributed by atoms with Crippen LogP contribution in [0.25, 0.3) is 11.4 Å². The summed E-state index contributed by atoms with van der Waals surface area (Å²) in [4.78, 5) is 51.6. The van der Waals surface area contributed by atoms with Gasteiger partial charge in [0, 0.05) is 25.5 Å². The first-order chi connectivity index (χ1) is 18.5. The molecule has 4 amide bonds.